The van der Waals surface area contributed by atoms with Crippen LogP contribution in [0, 0.1) is 18.8 Å². The second kappa shape index (κ2) is 16.3. The Bertz CT molecular complexity index is 1710. The zero-order chi connectivity index (χ0) is 35.1. The quantitative estimate of drug-likeness (QED) is 0.253. The van der Waals surface area contributed by atoms with E-state index in [1.807, 2.05) is 54.3 Å². The lowest BCUT2D eigenvalue weighted by Crippen LogP contribution is -2.49. The van der Waals surface area contributed by atoms with Crippen molar-refractivity contribution in [2.45, 2.75) is 92.1 Å². The predicted molar refractivity (Wildman–Crippen MR) is 188 cm³/mol. The molecule has 0 spiro atoms. The first-order chi connectivity index (χ1) is 23.5. The SMILES string of the molecule is CCn1cc(CN2CC(=O)N[C@@H](CC(C)C)c3nc(cs3)C(=O)N[C@@H](Cc3ccccc3)c3nc(C)nn3CC(=O)N[C@@H](C(C)C)C2)cn1. The summed E-state index contributed by atoms with van der Waals surface area (Å²) >= 11 is 1.36. The molecule has 5 rings (SSSR count). The maximum atomic E-state index is 13.8. The molecule has 4 aromatic rings. The Labute approximate surface area is 291 Å². The Morgan fingerprint density at radius 2 is 1.69 bits per heavy atom. The van der Waals surface area contributed by atoms with Gasteiger partial charge in [-0.1, -0.05) is 58.0 Å². The average Bonchev–Trinajstić information content (AvgIpc) is 3.80. The van der Waals surface area contributed by atoms with Gasteiger partial charge in [-0.15, -0.1) is 11.3 Å². The average molecular weight is 689 g/mol. The summed E-state index contributed by atoms with van der Waals surface area (Å²) in [7, 11) is 0. The third-order valence-electron chi connectivity index (χ3n) is 8.48. The molecule has 1 aliphatic heterocycles. The minimum Gasteiger partial charge on any atom is -0.350 e. The summed E-state index contributed by atoms with van der Waals surface area (Å²) in [6.45, 7) is 13.8. The fourth-order valence-corrected chi connectivity index (χ4v) is 6.88. The second-order valence-corrected chi connectivity index (χ2v) is 14.4. The van der Waals surface area contributed by atoms with Crippen LogP contribution in [0.5, 0.6) is 0 Å². The highest BCUT2D eigenvalue weighted by Crippen LogP contribution is 2.26. The number of nitrogens with one attached hydrogen (secondary N) is 3. The largest absolute Gasteiger partial charge is 0.350 e. The third kappa shape index (κ3) is 9.82. The standard InChI is InChI=1S/C35H48N10O3S/c1-7-44-17-26(15-36-44)16-43-18-29(23(4)5)39-32(47)20-45-33(37-24(6)42-45)27(14-25-11-9-8-10-12-25)40-34(48)30-21-49-35(41-30)28(13-22(2)3)38-31(46)19-43/h8-12,15,17,21-23,27-29H,7,13-14,16,18-20H2,1-6H3,(H,38,46)(H,39,47)(H,40,48)/t27-,28-,29+/m0/s1. The van der Waals surface area contributed by atoms with Crippen LogP contribution in [0.15, 0.2) is 48.1 Å². The number of carbonyl (C=O) groups excluding carboxylic acids is 3. The molecule has 14 heteroatoms. The molecule has 262 valence electrons. The van der Waals surface area contributed by atoms with Crippen LogP contribution in [0.2, 0.25) is 0 Å². The molecule has 3 aromatic heterocycles. The summed E-state index contributed by atoms with van der Waals surface area (Å²) in [5, 5.41) is 20.9. The van der Waals surface area contributed by atoms with Gasteiger partial charge in [0.1, 0.15) is 23.1 Å². The molecule has 2 bridgehead atoms. The molecule has 0 saturated carbocycles. The van der Waals surface area contributed by atoms with Crippen molar-refractivity contribution < 1.29 is 14.4 Å². The minimum atomic E-state index is -0.584. The van der Waals surface area contributed by atoms with Crippen molar-refractivity contribution in [1.82, 2.24) is 50.4 Å². The highest BCUT2D eigenvalue weighted by atomic mass is 32.1. The summed E-state index contributed by atoms with van der Waals surface area (Å²) in [6, 6.07) is 8.60. The van der Waals surface area contributed by atoms with Gasteiger partial charge in [0, 0.05) is 42.8 Å². The molecule has 3 amide bonds. The van der Waals surface area contributed by atoms with Crippen molar-refractivity contribution in [3.63, 3.8) is 0 Å². The van der Waals surface area contributed by atoms with Gasteiger partial charge in [-0.25, -0.2) is 14.6 Å². The van der Waals surface area contributed by atoms with Crippen LogP contribution in [0.1, 0.15) is 91.4 Å². The van der Waals surface area contributed by atoms with E-state index in [2.05, 4.69) is 58.7 Å². The molecule has 3 atom stereocenters. The van der Waals surface area contributed by atoms with Gasteiger partial charge in [-0.3, -0.25) is 24.0 Å². The van der Waals surface area contributed by atoms with Gasteiger partial charge in [-0.05, 0) is 44.1 Å². The molecule has 1 aromatic carbocycles. The second-order valence-electron chi connectivity index (χ2n) is 13.5. The molecule has 0 fully saturated rings. The number of aromatic nitrogens is 6. The van der Waals surface area contributed by atoms with Crippen molar-refractivity contribution in [3.05, 3.63) is 81.6 Å². The van der Waals surface area contributed by atoms with Gasteiger partial charge < -0.3 is 16.0 Å². The highest BCUT2D eigenvalue weighted by molar-refractivity contribution is 7.09. The number of nitrogens with zero attached hydrogens (tertiary/aromatic N) is 7. The lowest BCUT2D eigenvalue weighted by atomic mass is 10.0. The molecule has 3 N–H and O–H groups in total. The molecule has 13 nitrogen and oxygen atoms in total. The van der Waals surface area contributed by atoms with E-state index in [4.69, 9.17) is 9.97 Å². The Kier molecular flexibility index (Phi) is 11.9. The zero-order valence-electron chi connectivity index (χ0n) is 29.2. The van der Waals surface area contributed by atoms with Gasteiger partial charge in [0.2, 0.25) is 11.8 Å². The molecular weight excluding hydrogens is 641 g/mol. The first-order valence-corrected chi connectivity index (χ1v) is 17.9. The number of hydrogen-bond acceptors (Lipinski definition) is 9. The van der Waals surface area contributed by atoms with E-state index in [1.54, 1.807) is 17.0 Å². The monoisotopic (exact) mass is 688 g/mol. The number of amides is 3. The first kappa shape index (κ1) is 35.9. The number of thiazole rings is 1. The summed E-state index contributed by atoms with van der Waals surface area (Å²) in [6.07, 6.45) is 4.90. The number of rotatable bonds is 8. The van der Waals surface area contributed by atoms with Crippen LogP contribution < -0.4 is 16.0 Å². The Morgan fingerprint density at radius 3 is 2.39 bits per heavy atom. The van der Waals surface area contributed by atoms with Crippen LogP contribution in [0.25, 0.3) is 0 Å². The van der Waals surface area contributed by atoms with Gasteiger partial charge in [0.15, 0.2) is 5.82 Å². The first-order valence-electron chi connectivity index (χ1n) is 17.0. The zero-order valence-corrected chi connectivity index (χ0v) is 30.0. The van der Waals surface area contributed by atoms with E-state index >= 15 is 0 Å². The van der Waals surface area contributed by atoms with E-state index in [0.717, 1.165) is 17.7 Å². The Hall–Kier alpha value is -4.43. The number of carbonyl (C=O) groups is 3. The molecule has 0 radical (unpaired) electrons. The molecule has 1 aliphatic rings. The smallest absolute Gasteiger partial charge is 0.271 e. The van der Waals surface area contributed by atoms with Crippen LogP contribution in [-0.2, 0) is 35.6 Å². The molecule has 0 unspecified atom stereocenters. The van der Waals surface area contributed by atoms with E-state index in [1.165, 1.54) is 11.3 Å². The topological polar surface area (TPSA) is 152 Å². The van der Waals surface area contributed by atoms with Crippen LogP contribution >= 0.6 is 11.3 Å². The molecule has 0 saturated heterocycles. The van der Waals surface area contributed by atoms with Crippen molar-refractivity contribution in [1.29, 1.82) is 0 Å². The minimum absolute atomic E-state index is 0.0722. The van der Waals surface area contributed by atoms with E-state index in [9.17, 15) is 14.4 Å². The summed E-state index contributed by atoms with van der Waals surface area (Å²) in [5.74, 6) is 0.568. The van der Waals surface area contributed by atoms with Crippen LogP contribution in [-0.4, -0.2) is 71.3 Å². The number of hydrogen-bond donors (Lipinski definition) is 3. The highest BCUT2D eigenvalue weighted by Gasteiger charge is 2.29. The van der Waals surface area contributed by atoms with E-state index in [0.29, 0.717) is 42.6 Å². The fraction of sp³-hybridized carbons (Fsp3) is 0.514. The van der Waals surface area contributed by atoms with Crippen LogP contribution in [0.3, 0.4) is 0 Å². The molecular formula is C35H48N10O3S. The van der Waals surface area contributed by atoms with Gasteiger partial charge >= 0.3 is 0 Å². The number of benzene rings is 1. The molecule has 0 aliphatic carbocycles. The molecule has 49 heavy (non-hydrogen) atoms. The van der Waals surface area contributed by atoms with Gasteiger partial charge in [0.05, 0.1) is 24.8 Å². The Morgan fingerprint density at radius 1 is 0.939 bits per heavy atom. The van der Waals surface area contributed by atoms with Gasteiger partial charge in [0.25, 0.3) is 5.91 Å². The fourth-order valence-electron chi connectivity index (χ4n) is 6.02. The summed E-state index contributed by atoms with van der Waals surface area (Å²) in [5.41, 5.74) is 2.24. The Balaban J connectivity index is 1.53. The maximum absolute atomic E-state index is 13.8. The normalized spacial score (nSPS) is 20.0. The van der Waals surface area contributed by atoms with Crippen molar-refractivity contribution >= 4 is 29.1 Å². The van der Waals surface area contributed by atoms with Gasteiger partial charge in [-0.2, -0.15) is 10.2 Å². The third-order valence-corrected chi connectivity index (χ3v) is 9.44. The number of aryl methyl sites for hydroxylation is 2. The lowest BCUT2D eigenvalue weighted by Gasteiger charge is -2.30. The number of fused-ring (bicyclic) bond motifs is 3. The van der Waals surface area contributed by atoms with Crippen molar-refractivity contribution in [2.75, 3.05) is 13.1 Å². The lowest BCUT2D eigenvalue weighted by molar-refractivity contribution is -0.123. The van der Waals surface area contributed by atoms with Crippen molar-refractivity contribution in [2.24, 2.45) is 11.8 Å². The summed E-state index contributed by atoms with van der Waals surface area (Å²) in [4.78, 5) is 52.7. The van der Waals surface area contributed by atoms with Crippen molar-refractivity contribution in [3.8, 4) is 0 Å². The molecule has 4 heterocycles. The van der Waals surface area contributed by atoms with E-state index < -0.39 is 6.04 Å². The van der Waals surface area contributed by atoms with Crippen LogP contribution in [0.4, 0.5) is 0 Å². The maximum Gasteiger partial charge on any atom is 0.271 e. The summed E-state index contributed by atoms with van der Waals surface area (Å²) < 4.78 is 3.44. The van der Waals surface area contributed by atoms with E-state index in [-0.39, 0.29) is 60.4 Å². The predicted octanol–water partition coefficient (Wildman–Crippen LogP) is 3.83.